The highest BCUT2D eigenvalue weighted by Gasteiger charge is 2.36. The van der Waals surface area contributed by atoms with Crippen LogP contribution in [0.1, 0.15) is 142 Å². The number of unbranched alkanes of at least 4 members (excludes halogenated alkanes) is 7. The fraction of sp³-hybridized carbons (Fsp3) is 0.640. The summed E-state index contributed by atoms with van der Waals surface area (Å²) in [6.07, 6.45) is 52.2. The smallest absolute Gasteiger partial charge is 0.462 e. The number of esters is 2. The van der Waals surface area contributed by atoms with Crippen molar-refractivity contribution in [3.63, 3.8) is 0 Å². The van der Waals surface area contributed by atoms with Gasteiger partial charge in [0.05, 0.1) is 40.0 Å². The molecule has 1 aliphatic rings. The fourth-order valence-corrected chi connectivity index (χ4v) is 6.48. The Morgan fingerprint density at radius 1 is 0.590 bits per heavy atom. The number of carbonyl (C=O) groups excluding carboxylic acids is 2. The molecule has 346 valence electrons. The summed E-state index contributed by atoms with van der Waals surface area (Å²) >= 11 is 0. The maximum absolute atomic E-state index is 12.7. The van der Waals surface area contributed by atoms with E-state index in [9.17, 15) is 19.0 Å². The Balaban J connectivity index is 2.38. The van der Waals surface area contributed by atoms with Crippen LogP contribution in [0.25, 0.3) is 0 Å². The number of hydrogen-bond donors (Lipinski definition) is 1. The number of phosphoric ester groups is 1. The third-order valence-corrected chi connectivity index (χ3v) is 10.5. The van der Waals surface area contributed by atoms with Crippen molar-refractivity contribution >= 4 is 19.8 Å². The van der Waals surface area contributed by atoms with Gasteiger partial charge in [0.15, 0.2) is 6.10 Å². The Labute approximate surface area is 370 Å². The number of epoxide rings is 1. The zero-order valence-corrected chi connectivity index (χ0v) is 39.4. The third kappa shape index (κ3) is 38.3. The van der Waals surface area contributed by atoms with Crippen LogP contribution in [0.5, 0.6) is 0 Å². The van der Waals surface area contributed by atoms with Gasteiger partial charge in [0.1, 0.15) is 19.8 Å². The molecular formula is C50H83NO9P+. The number of quaternary nitrogens is 1. The molecule has 0 aromatic carbocycles. The Morgan fingerprint density at radius 2 is 1.05 bits per heavy atom. The molecule has 1 fully saturated rings. The number of allylic oxidation sites excluding steroid dienone is 14. The number of rotatable bonds is 39. The van der Waals surface area contributed by atoms with Crippen LogP contribution >= 0.6 is 7.82 Å². The summed E-state index contributed by atoms with van der Waals surface area (Å²) in [5, 5.41) is 0. The minimum atomic E-state index is -4.42. The molecule has 0 aliphatic carbocycles. The highest BCUT2D eigenvalue weighted by molar-refractivity contribution is 7.47. The number of phosphoric acid groups is 1. The standard InChI is InChI=1S/C50H82NO9P/c1-6-8-10-12-14-16-17-18-19-20-21-22-23-24-25-27-29-31-37-41-50(53)59-46(45-58-61(54,55)57-43-42-51(3,4)5)44-56-49(52)40-36-33-32-35-39-48-47(60-48)38-34-30-28-26-15-13-11-9-7-2/h14-16,18-19,21-22,24-26,29-32,34-35,46-48H,6-13,17,20,23,27-28,33,36-45H2,1-5H3/p+1/b16-14-,19-18-,22-21-,25-24-,26-15-,31-29-,34-30-,35-32-/t46-,47?,48?/m1/s1. The zero-order valence-electron chi connectivity index (χ0n) is 38.5. The van der Waals surface area contributed by atoms with Crippen LogP contribution in [0.15, 0.2) is 97.2 Å². The topological polar surface area (TPSA) is 121 Å². The molecule has 3 unspecified atom stereocenters. The van der Waals surface area contributed by atoms with Gasteiger partial charge in [0.25, 0.3) is 0 Å². The zero-order chi connectivity index (χ0) is 44.7. The van der Waals surface area contributed by atoms with Crippen molar-refractivity contribution in [1.82, 2.24) is 0 Å². The van der Waals surface area contributed by atoms with Gasteiger partial charge in [-0.2, -0.15) is 0 Å². The van der Waals surface area contributed by atoms with Gasteiger partial charge < -0.3 is 23.6 Å². The van der Waals surface area contributed by atoms with Gasteiger partial charge >= 0.3 is 19.8 Å². The lowest BCUT2D eigenvalue weighted by Gasteiger charge is -2.24. The van der Waals surface area contributed by atoms with Gasteiger partial charge in [-0.25, -0.2) is 4.57 Å². The predicted molar refractivity (Wildman–Crippen MR) is 251 cm³/mol. The van der Waals surface area contributed by atoms with Crippen LogP contribution in [0.3, 0.4) is 0 Å². The van der Waals surface area contributed by atoms with Gasteiger partial charge in [-0.05, 0) is 89.9 Å². The summed E-state index contributed by atoms with van der Waals surface area (Å²) < 4.78 is 40.0. The van der Waals surface area contributed by atoms with Gasteiger partial charge in [0, 0.05) is 12.8 Å². The first-order chi connectivity index (χ1) is 29.5. The molecule has 0 aromatic rings. The minimum Gasteiger partial charge on any atom is -0.462 e. The quantitative estimate of drug-likeness (QED) is 0.0161. The van der Waals surface area contributed by atoms with Crippen LogP contribution < -0.4 is 0 Å². The Hall–Kier alpha value is -3.11. The Morgan fingerprint density at radius 3 is 1.57 bits per heavy atom. The van der Waals surface area contributed by atoms with Crippen molar-refractivity contribution in [3.05, 3.63) is 97.2 Å². The van der Waals surface area contributed by atoms with Crippen molar-refractivity contribution in [2.75, 3.05) is 47.5 Å². The molecule has 0 spiro atoms. The molecule has 0 bridgehead atoms. The lowest BCUT2D eigenvalue weighted by molar-refractivity contribution is -0.870. The highest BCUT2D eigenvalue weighted by Crippen LogP contribution is 2.43. The molecular weight excluding hydrogens is 790 g/mol. The molecule has 1 N–H and O–H groups in total. The second kappa shape index (κ2) is 37.4. The molecule has 0 saturated carbocycles. The molecule has 0 amide bonds. The van der Waals surface area contributed by atoms with Gasteiger partial charge in [-0.1, -0.05) is 137 Å². The summed E-state index contributed by atoms with van der Waals surface area (Å²) in [6.45, 7) is 4.17. The largest absolute Gasteiger partial charge is 0.472 e. The summed E-state index contributed by atoms with van der Waals surface area (Å²) in [7, 11) is 1.38. The summed E-state index contributed by atoms with van der Waals surface area (Å²) in [4.78, 5) is 35.4. The van der Waals surface area contributed by atoms with Gasteiger partial charge in [-0.15, -0.1) is 0 Å². The molecule has 11 heteroatoms. The van der Waals surface area contributed by atoms with Crippen LogP contribution in [0.4, 0.5) is 0 Å². The summed E-state index contributed by atoms with van der Waals surface area (Å²) in [5.74, 6) is -0.979. The van der Waals surface area contributed by atoms with Crippen molar-refractivity contribution in [2.45, 2.75) is 161 Å². The second-order valence-corrected chi connectivity index (χ2v) is 17.9. The number of ether oxygens (including phenoxy) is 3. The van der Waals surface area contributed by atoms with Crippen molar-refractivity contribution in [1.29, 1.82) is 0 Å². The first-order valence-electron chi connectivity index (χ1n) is 23.1. The van der Waals surface area contributed by atoms with E-state index in [1.54, 1.807) is 0 Å². The fourth-order valence-electron chi connectivity index (χ4n) is 5.73. The van der Waals surface area contributed by atoms with E-state index < -0.39 is 32.5 Å². The van der Waals surface area contributed by atoms with E-state index >= 15 is 0 Å². The maximum atomic E-state index is 12.7. The summed E-state index contributed by atoms with van der Waals surface area (Å²) in [6, 6.07) is 0. The van der Waals surface area contributed by atoms with E-state index in [0.29, 0.717) is 30.3 Å². The average molecular weight is 873 g/mol. The summed E-state index contributed by atoms with van der Waals surface area (Å²) in [5.41, 5.74) is 0. The molecule has 0 radical (unpaired) electrons. The van der Waals surface area contributed by atoms with E-state index in [4.69, 9.17) is 23.3 Å². The van der Waals surface area contributed by atoms with E-state index in [1.165, 1.54) is 44.9 Å². The van der Waals surface area contributed by atoms with Gasteiger partial charge in [-0.3, -0.25) is 18.6 Å². The van der Waals surface area contributed by atoms with E-state index in [-0.39, 0.29) is 38.3 Å². The first-order valence-corrected chi connectivity index (χ1v) is 24.6. The lowest BCUT2D eigenvalue weighted by Crippen LogP contribution is -2.37. The monoisotopic (exact) mass is 873 g/mol. The van der Waals surface area contributed by atoms with E-state index in [2.05, 4.69) is 98.9 Å². The Bertz CT molecular complexity index is 1420. The van der Waals surface area contributed by atoms with Crippen molar-refractivity contribution in [3.8, 4) is 0 Å². The number of nitrogens with zero attached hydrogens (tertiary/aromatic N) is 1. The van der Waals surface area contributed by atoms with Crippen LogP contribution in [0.2, 0.25) is 0 Å². The molecule has 10 nitrogen and oxygen atoms in total. The van der Waals surface area contributed by atoms with Gasteiger partial charge in [0.2, 0.25) is 0 Å². The van der Waals surface area contributed by atoms with Crippen LogP contribution in [-0.2, 0) is 37.4 Å². The first kappa shape index (κ1) is 55.9. The number of carbonyl (C=O) groups is 2. The highest BCUT2D eigenvalue weighted by atomic mass is 31.2. The van der Waals surface area contributed by atoms with E-state index in [0.717, 1.165) is 51.4 Å². The second-order valence-electron chi connectivity index (χ2n) is 16.5. The van der Waals surface area contributed by atoms with Crippen molar-refractivity contribution < 1.29 is 46.8 Å². The number of hydrogen-bond acceptors (Lipinski definition) is 8. The van der Waals surface area contributed by atoms with E-state index in [1.807, 2.05) is 33.3 Å². The van der Waals surface area contributed by atoms with Crippen LogP contribution in [-0.4, -0.2) is 87.1 Å². The predicted octanol–water partition coefficient (Wildman–Crippen LogP) is 12.3. The van der Waals surface area contributed by atoms with Crippen molar-refractivity contribution in [2.24, 2.45) is 0 Å². The molecule has 61 heavy (non-hydrogen) atoms. The Kier molecular flexibility index (Phi) is 34.3. The molecule has 1 saturated heterocycles. The normalized spacial score (nSPS) is 17.7. The lowest BCUT2D eigenvalue weighted by atomic mass is 10.1. The third-order valence-electron chi connectivity index (χ3n) is 9.50. The average Bonchev–Trinajstić information content (AvgIpc) is 3.97. The maximum Gasteiger partial charge on any atom is 0.472 e. The molecule has 1 heterocycles. The molecule has 1 rings (SSSR count). The molecule has 4 atom stereocenters. The molecule has 1 aliphatic heterocycles. The minimum absolute atomic E-state index is 0.00151. The number of likely N-dealkylation sites (N-methyl/N-ethyl adjacent to an activating group) is 1. The van der Waals surface area contributed by atoms with Crippen LogP contribution in [0, 0.1) is 0 Å². The molecule has 0 aromatic heterocycles. The SMILES string of the molecule is CCCCC/C=C\C/C=C\C/C=C\C/C=C\C/C=C\CCC(=O)O[C@H](COC(=O)CCC/C=C\CC1OC1C/C=C\C/C=C\CCCCC)COP(=O)(O)OCC[N+](C)(C)C.